The third-order valence-corrected chi connectivity index (χ3v) is 7.39. The van der Waals surface area contributed by atoms with Crippen molar-refractivity contribution in [3.63, 3.8) is 0 Å². The van der Waals surface area contributed by atoms with Crippen LogP contribution in [-0.4, -0.2) is 23.5 Å². The van der Waals surface area contributed by atoms with Crippen molar-refractivity contribution >= 4 is 40.6 Å². The zero-order chi connectivity index (χ0) is 23.2. The molecule has 6 nitrogen and oxygen atoms in total. The van der Waals surface area contributed by atoms with Gasteiger partial charge in [0, 0.05) is 0 Å². The Morgan fingerprint density at radius 1 is 1.09 bits per heavy atom. The number of halogens is 1. The van der Waals surface area contributed by atoms with Gasteiger partial charge in [0.05, 0.1) is 21.6 Å². The van der Waals surface area contributed by atoms with Crippen LogP contribution in [-0.2, 0) is 6.42 Å². The number of aromatic hydroxyl groups is 1. The molecule has 3 aromatic rings. The molecule has 1 aliphatic carbocycles. The van der Waals surface area contributed by atoms with Gasteiger partial charge in [0.15, 0.2) is 5.75 Å². The van der Waals surface area contributed by atoms with E-state index in [1.807, 2.05) is 26.2 Å². The van der Waals surface area contributed by atoms with Gasteiger partial charge in [-0.1, -0.05) is 49.7 Å². The Morgan fingerprint density at radius 2 is 1.78 bits per heavy atom. The van der Waals surface area contributed by atoms with E-state index in [1.54, 1.807) is 16.4 Å². The number of anilines is 3. The fraction of sp³-hybridized carbons (Fsp3) is 0.333. The molecular weight excluding hydrogens is 446 g/mol. The summed E-state index contributed by atoms with van der Waals surface area (Å²) in [5, 5.41) is 17.4. The number of phenols is 1. The highest BCUT2D eigenvalue weighted by molar-refractivity contribution is 7.97. The van der Waals surface area contributed by atoms with Crippen LogP contribution < -0.4 is 21.5 Å². The summed E-state index contributed by atoms with van der Waals surface area (Å²) < 4.78 is 1.80. The lowest BCUT2D eigenvalue weighted by atomic mass is 9.70. The summed E-state index contributed by atoms with van der Waals surface area (Å²) in [4.78, 5) is 25.4. The second-order valence-corrected chi connectivity index (χ2v) is 10.7. The molecule has 0 heterocycles. The van der Waals surface area contributed by atoms with Crippen molar-refractivity contribution in [1.82, 2.24) is 4.31 Å². The lowest BCUT2D eigenvalue weighted by Gasteiger charge is -2.41. The van der Waals surface area contributed by atoms with Crippen molar-refractivity contribution in [2.45, 2.75) is 37.6 Å². The molecule has 3 N–H and O–H groups in total. The Kier molecular flexibility index (Phi) is 6.00. The van der Waals surface area contributed by atoms with Gasteiger partial charge in [-0.2, -0.15) is 0 Å². The Hall–Kier alpha value is -2.48. The fourth-order valence-corrected chi connectivity index (χ4v) is 5.16. The van der Waals surface area contributed by atoms with Crippen molar-refractivity contribution in [2.24, 2.45) is 5.41 Å². The average molecular weight is 472 g/mol. The number of nitrogens with zero attached hydrogens (tertiary/aromatic N) is 1. The molecule has 0 aromatic heterocycles. The highest BCUT2D eigenvalue weighted by Crippen LogP contribution is 2.46. The van der Waals surface area contributed by atoms with E-state index in [4.69, 9.17) is 11.6 Å². The van der Waals surface area contributed by atoms with Gasteiger partial charge in [-0.15, -0.1) is 0 Å². The maximum Gasteiger partial charge on any atom is 0.253 e. The molecule has 0 spiro atoms. The molecule has 0 saturated carbocycles. The van der Waals surface area contributed by atoms with Crippen molar-refractivity contribution in [3.8, 4) is 5.75 Å². The summed E-state index contributed by atoms with van der Waals surface area (Å²) in [6.07, 6.45) is 1.94. The van der Waals surface area contributed by atoms with E-state index >= 15 is 0 Å². The fourth-order valence-electron chi connectivity index (χ4n) is 4.18. The van der Waals surface area contributed by atoms with Gasteiger partial charge in [0.25, 0.3) is 10.9 Å². The lowest BCUT2D eigenvalue weighted by molar-refractivity contribution is 0.265. The molecule has 0 radical (unpaired) electrons. The first-order valence-electron chi connectivity index (χ1n) is 10.4. The Labute approximate surface area is 196 Å². The van der Waals surface area contributed by atoms with Crippen LogP contribution in [0.4, 0.5) is 17.1 Å². The molecule has 4 rings (SSSR count). The molecule has 0 fully saturated rings. The van der Waals surface area contributed by atoms with Crippen molar-refractivity contribution < 1.29 is 5.11 Å². The smallest absolute Gasteiger partial charge is 0.253 e. The number of hydrogen-bond donors (Lipinski definition) is 3. The third-order valence-electron chi connectivity index (χ3n) is 6.00. The molecule has 168 valence electrons. The summed E-state index contributed by atoms with van der Waals surface area (Å²) in [5.41, 5.74) is 1.85. The minimum atomic E-state index is -0.606. The number of phenolic OH excluding ortho intramolecular Hbond substituents is 1. The van der Waals surface area contributed by atoms with Crippen LogP contribution in [0.2, 0.25) is 5.02 Å². The first-order chi connectivity index (χ1) is 15.1. The highest BCUT2D eigenvalue weighted by atomic mass is 35.5. The minimum Gasteiger partial charge on any atom is -0.505 e. The van der Waals surface area contributed by atoms with Crippen LogP contribution in [0.15, 0.2) is 50.9 Å². The molecule has 8 heteroatoms. The standard InChI is InChI=1S/C24H26ClN3O3S/c1-24(2)12-11-13-7-5-6-8-14(13)23(24)27-18-17(20(30)21(18)31)26-16-10-9-15(25)22(19(16)29)32-28(3)4/h5-10,23,26-27,29H,11-12H2,1-4H3. The number of nitrogens with one attached hydrogen (secondary N) is 2. The number of rotatable bonds is 6. The quantitative estimate of drug-likeness (QED) is 0.263. The van der Waals surface area contributed by atoms with Crippen LogP contribution in [0, 0.1) is 5.41 Å². The molecular formula is C24H26ClN3O3S. The number of benzene rings is 2. The van der Waals surface area contributed by atoms with E-state index in [0.29, 0.717) is 15.6 Å². The summed E-state index contributed by atoms with van der Waals surface area (Å²) in [6, 6.07) is 11.3. The van der Waals surface area contributed by atoms with Crippen LogP contribution in [0.3, 0.4) is 0 Å². The molecule has 3 aromatic carbocycles. The summed E-state index contributed by atoms with van der Waals surface area (Å²) >= 11 is 7.51. The van der Waals surface area contributed by atoms with E-state index in [2.05, 4.69) is 36.6 Å². The summed E-state index contributed by atoms with van der Waals surface area (Å²) in [7, 11) is 3.67. The second-order valence-electron chi connectivity index (χ2n) is 8.97. The molecule has 1 aliphatic rings. The molecule has 0 amide bonds. The van der Waals surface area contributed by atoms with Gasteiger partial charge in [-0.3, -0.25) is 13.9 Å². The van der Waals surface area contributed by atoms with Crippen LogP contribution >= 0.6 is 23.5 Å². The SMILES string of the molecule is CN(C)Sc1c(Cl)ccc(Nc2c(NC3c4ccccc4CCC3(C)C)c(=O)c2=O)c1O. The summed E-state index contributed by atoms with van der Waals surface area (Å²) in [5.74, 6) is -0.0708. The molecule has 1 atom stereocenters. The van der Waals surface area contributed by atoms with Gasteiger partial charge >= 0.3 is 0 Å². The average Bonchev–Trinajstić information content (AvgIpc) is 2.75. The topological polar surface area (TPSA) is 81.7 Å². The molecule has 0 aliphatic heterocycles. The summed E-state index contributed by atoms with van der Waals surface area (Å²) in [6.45, 7) is 4.32. The van der Waals surface area contributed by atoms with Gasteiger partial charge < -0.3 is 15.7 Å². The lowest BCUT2D eigenvalue weighted by Crippen LogP contribution is -2.41. The van der Waals surface area contributed by atoms with Crippen LogP contribution in [0.5, 0.6) is 5.75 Å². The van der Waals surface area contributed by atoms with E-state index in [0.717, 1.165) is 18.4 Å². The van der Waals surface area contributed by atoms with Gasteiger partial charge in [0.2, 0.25) is 0 Å². The Bertz CT molecular complexity index is 1250. The van der Waals surface area contributed by atoms with E-state index in [1.165, 1.54) is 17.5 Å². The normalized spacial score (nSPS) is 17.4. The van der Waals surface area contributed by atoms with Gasteiger partial charge in [-0.25, -0.2) is 0 Å². The third kappa shape index (κ3) is 4.00. The van der Waals surface area contributed by atoms with Crippen molar-refractivity contribution in [2.75, 3.05) is 24.7 Å². The molecule has 0 bridgehead atoms. The zero-order valence-corrected chi connectivity index (χ0v) is 20.0. The second kappa shape index (κ2) is 8.46. The van der Waals surface area contributed by atoms with Crippen LogP contribution in [0.25, 0.3) is 0 Å². The molecule has 1 unspecified atom stereocenters. The Balaban J connectivity index is 1.68. The minimum absolute atomic E-state index is 0.0708. The predicted octanol–water partition coefficient (Wildman–Crippen LogP) is 5.08. The number of aryl methyl sites for hydroxylation is 1. The molecule has 32 heavy (non-hydrogen) atoms. The monoisotopic (exact) mass is 471 g/mol. The largest absolute Gasteiger partial charge is 0.505 e. The first-order valence-corrected chi connectivity index (χ1v) is 11.6. The zero-order valence-electron chi connectivity index (χ0n) is 18.5. The van der Waals surface area contributed by atoms with Gasteiger partial charge in [-0.05, 0) is 67.6 Å². The van der Waals surface area contributed by atoms with Gasteiger partial charge in [0.1, 0.15) is 11.4 Å². The number of hydrogen-bond acceptors (Lipinski definition) is 7. The van der Waals surface area contributed by atoms with E-state index < -0.39 is 10.9 Å². The van der Waals surface area contributed by atoms with Crippen LogP contribution in [0.1, 0.15) is 37.4 Å². The maximum atomic E-state index is 12.5. The van der Waals surface area contributed by atoms with E-state index in [-0.39, 0.29) is 28.6 Å². The Morgan fingerprint density at radius 3 is 2.50 bits per heavy atom. The van der Waals surface area contributed by atoms with E-state index in [9.17, 15) is 14.7 Å². The maximum absolute atomic E-state index is 12.5. The highest BCUT2D eigenvalue weighted by Gasteiger charge is 2.37. The first kappa shape index (κ1) is 22.7. The number of fused-ring (bicyclic) bond motifs is 1. The predicted molar refractivity (Wildman–Crippen MR) is 132 cm³/mol. The van der Waals surface area contributed by atoms with Crippen molar-refractivity contribution in [1.29, 1.82) is 0 Å². The molecule has 0 saturated heterocycles. The van der Waals surface area contributed by atoms with Crippen molar-refractivity contribution in [3.05, 3.63) is 73.0 Å².